The van der Waals surface area contributed by atoms with Crippen molar-refractivity contribution in [1.82, 2.24) is 0 Å². The molecule has 1 aliphatic heterocycles. The largest absolute Gasteiger partial charge is 0.397 e. The Morgan fingerprint density at radius 1 is 1.28 bits per heavy atom. The first-order valence-corrected chi connectivity index (χ1v) is 8.27. The molecule has 0 amide bonds. The molecule has 0 radical (unpaired) electrons. The molecule has 1 saturated heterocycles. The quantitative estimate of drug-likeness (QED) is 0.256. The maximum atomic E-state index is 10.5. The van der Waals surface area contributed by atoms with Gasteiger partial charge in [0.1, 0.15) is 41.7 Å². The fourth-order valence-corrected chi connectivity index (χ4v) is 4.65. The molecule has 10 heteroatoms. The third-order valence-electron chi connectivity index (χ3n) is 2.52. The average molecular weight is 305 g/mol. The Morgan fingerprint density at radius 3 is 2.17 bits per heavy atom. The van der Waals surface area contributed by atoms with Crippen LogP contribution in [0.1, 0.15) is 0 Å². The van der Waals surface area contributed by atoms with Gasteiger partial charge in [-0.05, 0) is 10.9 Å². The Kier molecular flexibility index (Phi) is 5.80. The van der Waals surface area contributed by atoms with Crippen molar-refractivity contribution >= 4 is 21.3 Å². The third kappa shape index (κ3) is 4.97. The first kappa shape index (κ1) is 16.1. The Morgan fingerprint density at radius 2 is 1.78 bits per heavy atom. The first-order valence-electron chi connectivity index (χ1n) is 5.17. The predicted molar refractivity (Wildman–Crippen MR) is 63.5 cm³/mol. The molecule has 0 saturated carbocycles. The van der Waals surface area contributed by atoms with E-state index in [1.165, 1.54) is 0 Å². The molecule has 0 aromatic heterocycles. The fourth-order valence-electron chi connectivity index (χ4n) is 1.63. The monoisotopic (exact) mass is 305 g/mol. The van der Waals surface area contributed by atoms with Crippen LogP contribution >= 0.6 is 0 Å². The van der Waals surface area contributed by atoms with Gasteiger partial charge in [0.2, 0.25) is 0 Å². The lowest BCUT2D eigenvalue weighted by Crippen LogP contribution is -2.39. The second-order valence-corrected chi connectivity index (χ2v) is 7.33. The zero-order valence-electron chi connectivity index (χ0n) is 9.42. The predicted octanol–water partition coefficient (Wildman–Crippen LogP) is -3.12. The van der Waals surface area contributed by atoms with Gasteiger partial charge in [0.05, 0.1) is 6.61 Å². The van der Waals surface area contributed by atoms with Gasteiger partial charge in [-0.3, -0.25) is 4.55 Å². The standard InChI is InChI=1S/C8H16O8S2/c9-1-8(16-18(13,14)15)7(12)4-17-2-5(10)6(11)3-17/h5-12H,1-4H2/p+1/t5-,6-,7-,8+/m1/s1. The molecule has 0 bridgehead atoms. The smallest absolute Gasteiger partial charge is 0.394 e. The fraction of sp³-hybridized carbons (Fsp3) is 1.00. The van der Waals surface area contributed by atoms with Crippen LogP contribution in [0.25, 0.3) is 0 Å². The summed E-state index contributed by atoms with van der Waals surface area (Å²) < 4.78 is 33.5. The molecule has 0 spiro atoms. The third-order valence-corrected chi connectivity index (χ3v) is 5.45. The van der Waals surface area contributed by atoms with Crippen molar-refractivity contribution in [3.05, 3.63) is 0 Å². The van der Waals surface area contributed by atoms with Gasteiger partial charge in [-0.15, -0.1) is 0 Å². The molecule has 1 rings (SSSR count). The van der Waals surface area contributed by atoms with Crippen molar-refractivity contribution in [3.8, 4) is 0 Å². The van der Waals surface area contributed by atoms with Crippen LogP contribution in [0.5, 0.6) is 0 Å². The van der Waals surface area contributed by atoms with E-state index in [4.69, 9.17) is 9.66 Å². The molecule has 0 aliphatic carbocycles. The molecular weight excluding hydrogens is 288 g/mol. The van der Waals surface area contributed by atoms with E-state index in [0.717, 1.165) is 0 Å². The van der Waals surface area contributed by atoms with Crippen LogP contribution in [0.15, 0.2) is 0 Å². The molecular formula is C8H17O8S2+. The van der Waals surface area contributed by atoms with Crippen LogP contribution < -0.4 is 0 Å². The van der Waals surface area contributed by atoms with Crippen molar-refractivity contribution in [1.29, 1.82) is 0 Å². The summed E-state index contributed by atoms with van der Waals surface area (Å²) in [5.74, 6) is 0.694. The highest BCUT2D eigenvalue weighted by Gasteiger charge is 2.42. The average Bonchev–Trinajstić information content (AvgIpc) is 2.53. The highest BCUT2D eigenvalue weighted by atomic mass is 32.3. The number of hydrogen-bond donors (Lipinski definition) is 5. The summed E-state index contributed by atoms with van der Waals surface area (Å²) in [5.41, 5.74) is 0. The lowest BCUT2D eigenvalue weighted by Gasteiger charge is -2.18. The van der Waals surface area contributed by atoms with Gasteiger partial charge in [-0.1, -0.05) is 0 Å². The molecule has 1 aliphatic rings. The summed E-state index contributed by atoms with van der Waals surface area (Å²) in [5, 5.41) is 37.2. The number of hydrogen-bond acceptors (Lipinski definition) is 7. The molecule has 0 unspecified atom stereocenters. The molecule has 1 heterocycles. The minimum absolute atomic E-state index is 0.0782. The van der Waals surface area contributed by atoms with E-state index in [2.05, 4.69) is 4.18 Å². The van der Waals surface area contributed by atoms with E-state index in [1.54, 1.807) is 0 Å². The lowest BCUT2D eigenvalue weighted by atomic mass is 10.2. The van der Waals surface area contributed by atoms with Crippen LogP contribution in [-0.2, 0) is 25.5 Å². The Labute approximate surface area is 108 Å². The minimum Gasteiger partial charge on any atom is -0.394 e. The SMILES string of the molecule is O=S(=O)(O)O[C@@H](CO)[C@H](O)C[S+]1C[C@@H](O)[C@H](O)C1. The Hall–Kier alpha value is 0.0600. The second-order valence-electron chi connectivity index (χ2n) is 4.06. The van der Waals surface area contributed by atoms with E-state index in [9.17, 15) is 23.7 Å². The van der Waals surface area contributed by atoms with Gasteiger partial charge in [0.25, 0.3) is 0 Å². The second kappa shape index (κ2) is 6.48. The Balaban J connectivity index is 2.50. The van der Waals surface area contributed by atoms with Crippen LogP contribution in [0.3, 0.4) is 0 Å². The maximum Gasteiger partial charge on any atom is 0.397 e. The number of aliphatic hydroxyl groups excluding tert-OH is 4. The van der Waals surface area contributed by atoms with Gasteiger partial charge in [-0.25, -0.2) is 4.18 Å². The highest BCUT2D eigenvalue weighted by Crippen LogP contribution is 2.18. The van der Waals surface area contributed by atoms with Crippen molar-refractivity contribution in [2.75, 3.05) is 23.9 Å². The molecule has 108 valence electrons. The summed E-state index contributed by atoms with van der Waals surface area (Å²) in [6.07, 6.45) is -4.47. The van der Waals surface area contributed by atoms with E-state index in [0.29, 0.717) is 11.5 Å². The minimum atomic E-state index is -4.75. The van der Waals surface area contributed by atoms with Gasteiger partial charge in [0.15, 0.2) is 0 Å². The van der Waals surface area contributed by atoms with Crippen LogP contribution in [-0.4, -0.2) is 81.7 Å². The van der Waals surface area contributed by atoms with Crippen LogP contribution in [0.2, 0.25) is 0 Å². The van der Waals surface area contributed by atoms with Crippen molar-refractivity contribution in [2.24, 2.45) is 0 Å². The lowest BCUT2D eigenvalue weighted by molar-refractivity contribution is 0.0114. The Bertz CT molecular complexity index is 348. The normalized spacial score (nSPS) is 29.4. The van der Waals surface area contributed by atoms with E-state index >= 15 is 0 Å². The summed E-state index contributed by atoms with van der Waals surface area (Å²) >= 11 is 0. The van der Waals surface area contributed by atoms with Crippen LogP contribution in [0.4, 0.5) is 0 Å². The highest BCUT2D eigenvalue weighted by molar-refractivity contribution is 7.97. The van der Waals surface area contributed by atoms with E-state index in [1.807, 2.05) is 0 Å². The van der Waals surface area contributed by atoms with Crippen molar-refractivity contribution in [3.63, 3.8) is 0 Å². The molecule has 18 heavy (non-hydrogen) atoms. The first-order chi connectivity index (χ1) is 8.23. The summed E-state index contributed by atoms with van der Waals surface area (Å²) in [4.78, 5) is 0. The number of rotatable bonds is 6. The maximum absolute atomic E-state index is 10.5. The van der Waals surface area contributed by atoms with Crippen molar-refractivity contribution in [2.45, 2.75) is 24.4 Å². The molecule has 0 aromatic carbocycles. The zero-order valence-corrected chi connectivity index (χ0v) is 11.0. The van der Waals surface area contributed by atoms with Gasteiger partial charge in [-0.2, -0.15) is 8.42 Å². The molecule has 5 N–H and O–H groups in total. The summed E-state index contributed by atoms with van der Waals surface area (Å²) in [6, 6.07) is 0. The summed E-state index contributed by atoms with van der Waals surface area (Å²) in [6.45, 7) is -0.775. The van der Waals surface area contributed by atoms with Crippen molar-refractivity contribution < 1.29 is 37.6 Å². The van der Waals surface area contributed by atoms with Crippen LogP contribution in [0, 0.1) is 0 Å². The van der Waals surface area contributed by atoms with Gasteiger partial charge >= 0.3 is 10.4 Å². The molecule has 0 aromatic rings. The molecule has 8 nitrogen and oxygen atoms in total. The van der Waals surface area contributed by atoms with Gasteiger partial charge < -0.3 is 20.4 Å². The number of aliphatic hydroxyl groups is 4. The summed E-state index contributed by atoms with van der Waals surface area (Å²) in [7, 11) is -5.24. The molecule has 1 fully saturated rings. The van der Waals surface area contributed by atoms with Gasteiger partial charge in [0, 0.05) is 0 Å². The molecule has 4 atom stereocenters. The topological polar surface area (TPSA) is 145 Å². The van der Waals surface area contributed by atoms with E-state index < -0.39 is 52.3 Å². The van der Waals surface area contributed by atoms with E-state index in [-0.39, 0.29) is 5.75 Å². The zero-order chi connectivity index (χ0) is 13.9.